The summed E-state index contributed by atoms with van der Waals surface area (Å²) < 4.78 is 11.2. The van der Waals surface area contributed by atoms with Crippen LogP contribution in [0.4, 0.5) is 4.79 Å². The molecule has 1 aliphatic rings. The largest absolute Gasteiger partial charge is 0.439 e. The van der Waals surface area contributed by atoms with Crippen LogP contribution in [0.2, 0.25) is 5.02 Å². The van der Waals surface area contributed by atoms with Gasteiger partial charge in [0.15, 0.2) is 0 Å². The van der Waals surface area contributed by atoms with E-state index in [1.807, 2.05) is 6.92 Å². The molecular formula is C22H23ClN4O3S. The van der Waals surface area contributed by atoms with Crippen LogP contribution in [0.3, 0.4) is 0 Å². The number of ether oxygens (including phenoxy) is 2. The summed E-state index contributed by atoms with van der Waals surface area (Å²) in [6.45, 7) is 5.95. The van der Waals surface area contributed by atoms with Crippen molar-refractivity contribution < 1.29 is 14.3 Å². The van der Waals surface area contributed by atoms with E-state index in [2.05, 4.69) is 20.2 Å². The minimum atomic E-state index is -0.331. The van der Waals surface area contributed by atoms with Gasteiger partial charge in [-0.25, -0.2) is 14.8 Å². The van der Waals surface area contributed by atoms with Gasteiger partial charge in [-0.1, -0.05) is 11.6 Å². The number of hydrogen-bond acceptors (Lipinski definition) is 7. The zero-order chi connectivity index (χ0) is 21.6. The number of carbonyl (C=O) groups is 1. The zero-order valence-electron chi connectivity index (χ0n) is 17.2. The first-order valence-corrected chi connectivity index (χ1v) is 11.3. The smallest absolute Gasteiger partial charge is 0.415 e. The van der Waals surface area contributed by atoms with Gasteiger partial charge in [0.1, 0.15) is 11.5 Å². The Kier molecular flexibility index (Phi) is 7.01. The number of rotatable bonds is 6. The van der Waals surface area contributed by atoms with E-state index in [1.54, 1.807) is 52.6 Å². The number of halogens is 1. The Morgan fingerprint density at radius 2 is 1.84 bits per heavy atom. The highest BCUT2D eigenvalue weighted by molar-refractivity contribution is 7.09. The van der Waals surface area contributed by atoms with Crippen LogP contribution in [0.15, 0.2) is 48.0 Å². The summed E-state index contributed by atoms with van der Waals surface area (Å²) in [7, 11) is 0. The van der Waals surface area contributed by atoms with Crippen molar-refractivity contribution >= 4 is 29.0 Å². The van der Waals surface area contributed by atoms with Gasteiger partial charge in [-0.05, 0) is 37.3 Å². The molecule has 2 aromatic heterocycles. The molecule has 0 radical (unpaired) electrons. The first kappa shape index (κ1) is 21.5. The predicted molar refractivity (Wildman–Crippen MR) is 120 cm³/mol. The van der Waals surface area contributed by atoms with Gasteiger partial charge in [-0.3, -0.25) is 4.90 Å². The maximum Gasteiger partial charge on any atom is 0.415 e. The molecule has 9 heteroatoms. The molecule has 0 N–H and O–H groups in total. The van der Waals surface area contributed by atoms with Crippen molar-refractivity contribution in [3.05, 3.63) is 63.7 Å². The summed E-state index contributed by atoms with van der Waals surface area (Å²) in [5, 5.41) is 3.76. The first-order valence-electron chi connectivity index (χ1n) is 10.0. The number of carbonyl (C=O) groups excluding carboxylic acids is 1. The molecule has 1 saturated heterocycles. The van der Waals surface area contributed by atoms with Crippen LogP contribution in [0.1, 0.15) is 10.7 Å². The summed E-state index contributed by atoms with van der Waals surface area (Å²) in [6.07, 6.45) is 2.13. The highest BCUT2D eigenvalue weighted by atomic mass is 35.5. The van der Waals surface area contributed by atoms with Gasteiger partial charge in [0.05, 0.1) is 15.7 Å². The Morgan fingerprint density at radius 3 is 2.48 bits per heavy atom. The summed E-state index contributed by atoms with van der Waals surface area (Å²) in [6, 6.07) is 10.3. The maximum atomic E-state index is 12.5. The molecule has 3 heterocycles. The minimum Gasteiger partial charge on any atom is -0.439 e. The third kappa shape index (κ3) is 6.16. The fourth-order valence-electron chi connectivity index (χ4n) is 3.23. The highest BCUT2D eigenvalue weighted by Crippen LogP contribution is 2.23. The topological polar surface area (TPSA) is 67.8 Å². The quantitative estimate of drug-likeness (QED) is 0.535. The molecule has 0 saturated carbocycles. The van der Waals surface area contributed by atoms with E-state index in [0.717, 1.165) is 36.8 Å². The average molecular weight is 459 g/mol. The SMILES string of the molecule is Cc1nc(CCN2CCN(C(=O)Oc3ccc(Oc4ccc(Cl)cn4)cc3)CC2)cs1. The fraction of sp³-hybridized carbons (Fsp3) is 0.318. The number of pyridine rings is 1. The van der Waals surface area contributed by atoms with E-state index < -0.39 is 0 Å². The normalized spacial score (nSPS) is 14.5. The Bertz CT molecular complexity index is 1000. The second kappa shape index (κ2) is 10.1. The van der Waals surface area contributed by atoms with Crippen molar-refractivity contribution in [1.29, 1.82) is 0 Å². The average Bonchev–Trinajstić information content (AvgIpc) is 3.21. The third-order valence-electron chi connectivity index (χ3n) is 4.93. The molecule has 0 atom stereocenters. The molecule has 0 aliphatic carbocycles. The Labute approximate surface area is 190 Å². The lowest BCUT2D eigenvalue weighted by Gasteiger charge is -2.33. The fourth-order valence-corrected chi connectivity index (χ4v) is 3.99. The minimum absolute atomic E-state index is 0.331. The van der Waals surface area contributed by atoms with Gasteiger partial charge in [0.2, 0.25) is 5.88 Å². The molecule has 7 nitrogen and oxygen atoms in total. The number of aromatic nitrogens is 2. The van der Waals surface area contributed by atoms with Crippen LogP contribution in [0.5, 0.6) is 17.4 Å². The number of thiazole rings is 1. The summed E-state index contributed by atoms with van der Waals surface area (Å²) in [5.74, 6) is 1.51. The summed E-state index contributed by atoms with van der Waals surface area (Å²) in [5.41, 5.74) is 1.14. The predicted octanol–water partition coefficient (Wildman–Crippen LogP) is 4.65. The van der Waals surface area contributed by atoms with E-state index in [1.165, 1.54) is 6.20 Å². The molecule has 1 amide bonds. The molecule has 1 aliphatic heterocycles. The van der Waals surface area contributed by atoms with Gasteiger partial charge < -0.3 is 14.4 Å². The number of nitrogens with zero attached hydrogens (tertiary/aromatic N) is 4. The van der Waals surface area contributed by atoms with Gasteiger partial charge in [-0.15, -0.1) is 11.3 Å². The number of benzene rings is 1. The van der Waals surface area contributed by atoms with Gasteiger partial charge in [-0.2, -0.15) is 0 Å². The molecule has 3 aromatic rings. The van der Waals surface area contributed by atoms with Gasteiger partial charge in [0, 0.05) is 56.8 Å². The van der Waals surface area contributed by atoms with Gasteiger partial charge >= 0.3 is 6.09 Å². The molecule has 0 unspecified atom stereocenters. The number of amides is 1. The van der Waals surface area contributed by atoms with Crippen molar-refractivity contribution in [3.8, 4) is 17.4 Å². The van der Waals surface area contributed by atoms with Crippen LogP contribution < -0.4 is 9.47 Å². The Hall–Kier alpha value is -2.68. The summed E-state index contributed by atoms with van der Waals surface area (Å²) >= 11 is 7.51. The lowest BCUT2D eigenvalue weighted by atomic mass is 10.2. The van der Waals surface area contributed by atoms with E-state index in [4.69, 9.17) is 21.1 Å². The Balaban J connectivity index is 1.22. The lowest BCUT2D eigenvalue weighted by molar-refractivity contribution is 0.111. The molecule has 0 spiro atoms. The monoisotopic (exact) mass is 458 g/mol. The van der Waals surface area contributed by atoms with Crippen LogP contribution >= 0.6 is 22.9 Å². The van der Waals surface area contributed by atoms with Gasteiger partial charge in [0.25, 0.3) is 0 Å². The van der Waals surface area contributed by atoms with Crippen LogP contribution in [-0.4, -0.2) is 58.6 Å². The number of piperazine rings is 1. The molecule has 162 valence electrons. The van der Waals surface area contributed by atoms with E-state index >= 15 is 0 Å². The lowest BCUT2D eigenvalue weighted by Crippen LogP contribution is -2.49. The number of aryl methyl sites for hydroxylation is 1. The zero-order valence-corrected chi connectivity index (χ0v) is 18.7. The van der Waals surface area contributed by atoms with E-state index in [0.29, 0.717) is 35.5 Å². The molecule has 0 bridgehead atoms. The van der Waals surface area contributed by atoms with Crippen molar-refractivity contribution in [2.24, 2.45) is 0 Å². The molecule has 31 heavy (non-hydrogen) atoms. The first-order chi connectivity index (χ1) is 15.0. The molecule has 4 rings (SSSR count). The van der Waals surface area contributed by atoms with Crippen LogP contribution in [-0.2, 0) is 6.42 Å². The van der Waals surface area contributed by atoms with E-state index in [9.17, 15) is 4.79 Å². The van der Waals surface area contributed by atoms with Crippen molar-refractivity contribution in [2.45, 2.75) is 13.3 Å². The van der Waals surface area contributed by atoms with Crippen molar-refractivity contribution in [1.82, 2.24) is 19.8 Å². The molecule has 1 fully saturated rings. The molecular weight excluding hydrogens is 436 g/mol. The van der Waals surface area contributed by atoms with Crippen LogP contribution in [0, 0.1) is 6.92 Å². The summed E-state index contributed by atoms with van der Waals surface area (Å²) in [4.78, 5) is 25.2. The number of hydrogen-bond donors (Lipinski definition) is 0. The van der Waals surface area contributed by atoms with Crippen LogP contribution in [0.25, 0.3) is 0 Å². The molecule has 1 aromatic carbocycles. The maximum absolute atomic E-state index is 12.5. The van der Waals surface area contributed by atoms with E-state index in [-0.39, 0.29) is 6.09 Å². The standard InChI is InChI=1S/C22H23ClN4O3S/c1-16-25-18(15-31-16)8-9-26-10-12-27(13-11-26)22(28)30-20-5-3-19(4-6-20)29-21-7-2-17(23)14-24-21/h2-7,14-15H,8-13H2,1H3. The second-order valence-electron chi connectivity index (χ2n) is 7.19. The Morgan fingerprint density at radius 1 is 1.10 bits per heavy atom. The second-order valence-corrected chi connectivity index (χ2v) is 8.69. The van der Waals surface area contributed by atoms with Crippen molar-refractivity contribution in [2.75, 3.05) is 32.7 Å². The van der Waals surface area contributed by atoms with Crippen molar-refractivity contribution in [3.63, 3.8) is 0 Å². The third-order valence-corrected chi connectivity index (χ3v) is 5.98. The highest BCUT2D eigenvalue weighted by Gasteiger charge is 2.22.